The fraction of sp³-hybridized carbons (Fsp3) is 0.500. The minimum Gasteiger partial charge on any atom is -0.334 e. The predicted molar refractivity (Wildman–Crippen MR) is 72.0 cm³/mol. The number of thiophene rings is 1. The molecular formula is C14H19NOS. The van der Waals surface area contributed by atoms with Crippen molar-refractivity contribution >= 4 is 17.2 Å². The third kappa shape index (κ3) is 3.19. The summed E-state index contributed by atoms with van der Waals surface area (Å²) in [4.78, 5) is 15.4. The van der Waals surface area contributed by atoms with E-state index in [4.69, 9.17) is 0 Å². The van der Waals surface area contributed by atoms with Crippen LogP contribution in [0.4, 0.5) is 0 Å². The van der Waals surface area contributed by atoms with Crippen molar-refractivity contribution in [1.29, 1.82) is 0 Å². The topological polar surface area (TPSA) is 20.3 Å². The van der Waals surface area contributed by atoms with Crippen LogP contribution in [0, 0.1) is 5.41 Å². The SMILES string of the molecule is CC(C)(C)/C=C\C(=O)N1CCc2sccc2C1. The van der Waals surface area contributed by atoms with Crippen molar-refractivity contribution in [2.75, 3.05) is 6.54 Å². The summed E-state index contributed by atoms with van der Waals surface area (Å²) in [6, 6.07) is 2.13. The lowest BCUT2D eigenvalue weighted by Gasteiger charge is -2.26. The maximum atomic E-state index is 12.0. The number of hydrogen-bond acceptors (Lipinski definition) is 2. The first-order chi connectivity index (χ1) is 7.96. The van der Waals surface area contributed by atoms with Gasteiger partial charge in [-0.2, -0.15) is 0 Å². The number of nitrogens with zero attached hydrogens (tertiary/aromatic N) is 1. The van der Waals surface area contributed by atoms with Crippen LogP contribution in [0.5, 0.6) is 0 Å². The van der Waals surface area contributed by atoms with Crippen LogP contribution in [-0.4, -0.2) is 17.4 Å². The third-order valence-electron chi connectivity index (χ3n) is 2.85. The van der Waals surface area contributed by atoms with E-state index in [1.54, 1.807) is 17.4 Å². The van der Waals surface area contributed by atoms with Crippen LogP contribution >= 0.6 is 11.3 Å². The molecule has 2 nitrogen and oxygen atoms in total. The van der Waals surface area contributed by atoms with Crippen molar-refractivity contribution in [1.82, 2.24) is 4.90 Å². The number of amides is 1. The van der Waals surface area contributed by atoms with Crippen molar-refractivity contribution in [3.63, 3.8) is 0 Å². The van der Waals surface area contributed by atoms with E-state index in [9.17, 15) is 4.79 Å². The average molecular weight is 249 g/mol. The van der Waals surface area contributed by atoms with Crippen LogP contribution in [0.1, 0.15) is 31.2 Å². The minimum atomic E-state index is 0.0684. The van der Waals surface area contributed by atoms with Gasteiger partial charge in [0.2, 0.25) is 5.91 Å². The first-order valence-electron chi connectivity index (χ1n) is 5.99. The summed E-state index contributed by atoms with van der Waals surface area (Å²) in [6.07, 6.45) is 4.71. The molecule has 0 bridgehead atoms. The van der Waals surface area contributed by atoms with Crippen LogP contribution in [-0.2, 0) is 17.8 Å². The van der Waals surface area contributed by atoms with Gasteiger partial charge in [0, 0.05) is 18.0 Å². The summed E-state index contributed by atoms with van der Waals surface area (Å²) in [5.74, 6) is 0.136. The Morgan fingerprint density at radius 2 is 2.24 bits per heavy atom. The van der Waals surface area contributed by atoms with E-state index in [1.165, 1.54) is 10.4 Å². The molecule has 0 N–H and O–H groups in total. The lowest BCUT2D eigenvalue weighted by atomic mass is 9.96. The summed E-state index contributed by atoms with van der Waals surface area (Å²) in [7, 11) is 0. The smallest absolute Gasteiger partial charge is 0.246 e. The van der Waals surface area contributed by atoms with Crippen molar-refractivity contribution in [3.8, 4) is 0 Å². The van der Waals surface area contributed by atoms with Crippen molar-refractivity contribution in [3.05, 3.63) is 34.0 Å². The highest BCUT2D eigenvalue weighted by Crippen LogP contribution is 2.24. The van der Waals surface area contributed by atoms with E-state index in [0.717, 1.165) is 19.5 Å². The van der Waals surface area contributed by atoms with Crippen molar-refractivity contribution in [2.24, 2.45) is 5.41 Å². The molecule has 0 radical (unpaired) electrons. The molecule has 0 saturated carbocycles. The van der Waals surface area contributed by atoms with Gasteiger partial charge in [0.1, 0.15) is 0 Å². The summed E-state index contributed by atoms with van der Waals surface area (Å²) in [6.45, 7) is 7.92. The molecule has 1 aromatic heterocycles. The van der Waals surface area contributed by atoms with Crippen LogP contribution in [0.15, 0.2) is 23.6 Å². The first-order valence-corrected chi connectivity index (χ1v) is 6.87. The van der Waals surface area contributed by atoms with E-state index in [2.05, 4.69) is 32.2 Å². The number of carbonyl (C=O) groups excluding carboxylic acids is 1. The minimum absolute atomic E-state index is 0.0684. The predicted octanol–water partition coefficient (Wildman–Crippen LogP) is 3.24. The lowest BCUT2D eigenvalue weighted by molar-refractivity contribution is -0.126. The Bertz CT molecular complexity index is 439. The zero-order valence-electron chi connectivity index (χ0n) is 10.7. The molecule has 0 unspecified atom stereocenters. The Balaban J connectivity index is 2.01. The van der Waals surface area contributed by atoms with Gasteiger partial charge in [0.25, 0.3) is 0 Å². The zero-order valence-corrected chi connectivity index (χ0v) is 11.5. The zero-order chi connectivity index (χ0) is 12.5. The van der Waals surface area contributed by atoms with Gasteiger partial charge in [0.15, 0.2) is 0 Å². The molecule has 2 rings (SSSR count). The molecule has 0 saturated heterocycles. The first kappa shape index (κ1) is 12.4. The Labute approximate surface area is 107 Å². The Morgan fingerprint density at radius 1 is 1.47 bits per heavy atom. The molecule has 0 aromatic carbocycles. The molecule has 0 aliphatic carbocycles. The number of hydrogen-bond donors (Lipinski definition) is 0. The van der Waals surface area contributed by atoms with E-state index in [1.807, 2.05) is 11.0 Å². The monoisotopic (exact) mass is 249 g/mol. The fourth-order valence-electron chi connectivity index (χ4n) is 1.86. The molecule has 1 aliphatic rings. The second kappa shape index (κ2) is 4.65. The van der Waals surface area contributed by atoms with Crippen LogP contribution in [0.3, 0.4) is 0 Å². The number of allylic oxidation sites excluding steroid dienone is 1. The Hall–Kier alpha value is -1.09. The highest BCUT2D eigenvalue weighted by Gasteiger charge is 2.20. The number of rotatable bonds is 1. The summed E-state index contributed by atoms with van der Waals surface area (Å²) in [5.41, 5.74) is 1.39. The molecule has 1 aromatic rings. The van der Waals surface area contributed by atoms with E-state index >= 15 is 0 Å². The lowest BCUT2D eigenvalue weighted by Crippen LogP contribution is -2.34. The molecule has 0 fully saturated rings. The number of carbonyl (C=O) groups is 1. The fourth-order valence-corrected chi connectivity index (χ4v) is 2.75. The summed E-state index contributed by atoms with van der Waals surface area (Å²) >= 11 is 1.80. The van der Waals surface area contributed by atoms with Gasteiger partial charge < -0.3 is 4.90 Å². The Morgan fingerprint density at radius 3 is 2.94 bits per heavy atom. The Kier molecular flexibility index (Phi) is 3.38. The third-order valence-corrected chi connectivity index (χ3v) is 3.87. The second-order valence-electron chi connectivity index (χ2n) is 5.58. The van der Waals surface area contributed by atoms with Crippen molar-refractivity contribution < 1.29 is 4.79 Å². The number of fused-ring (bicyclic) bond motifs is 1. The molecule has 1 aliphatic heterocycles. The highest BCUT2D eigenvalue weighted by atomic mass is 32.1. The maximum Gasteiger partial charge on any atom is 0.246 e. The van der Waals surface area contributed by atoms with E-state index < -0.39 is 0 Å². The van der Waals surface area contributed by atoms with Gasteiger partial charge in [-0.25, -0.2) is 0 Å². The van der Waals surface area contributed by atoms with Gasteiger partial charge in [-0.1, -0.05) is 26.8 Å². The average Bonchev–Trinajstić information content (AvgIpc) is 2.71. The second-order valence-corrected chi connectivity index (χ2v) is 6.58. The van der Waals surface area contributed by atoms with Gasteiger partial charge in [0.05, 0.1) is 0 Å². The van der Waals surface area contributed by atoms with Gasteiger partial charge in [-0.3, -0.25) is 4.79 Å². The molecule has 1 amide bonds. The largest absolute Gasteiger partial charge is 0.334 e. The molecule has 92 valence electrons. The summed E-state index contributed by atoms with van der Waals surface area (Å²) in [5, 5.41) is 2.11. The maximum absolute atomic E-state index is 12.0. The molecule has 0 atom stereocenters. The van der Waals surface area contributed by atoms with Gasteiger partial charge in [-0.15, -0.1) is 11.3 Å². The quantitative estimate of drug-likeness (QED) is 0.700. The normalized spacial score (nSPS) is 16.3. The van der Waals surface area contributed by atoms with E-state index in [-0.39, 0.29) is 11.3 Å². The van der Waals surface area contributed by atoms with Crippen LogP contribution in [0.2, 0.25) is 0 Å². The van der Waals surface area contributed by atoms with Crippen LogP contribution in [0.25, 0.3) is 0 Å². The van der Waals surface area contributed by atoms with Gasteiger partial charge >= 0.3 is 0 Å². The molecular weight excluding hydrogens is 230 g/mol. The van der Waals surface area contributed by atoms with Gasteiger partial charge in [-0.05, 0) is 34.9 Å². The molecule has 17 heavy (non-hydrogen) atoms. The molecule has 3 heteroatoms. The molecule has 0 spiro atoms. The standard InChI is InChI=1S/C14H19NOS/c1-14(2,3)7-4-13(16)15-8-5-12-11(10-15)6-9-17-12/h4,6-7,9H,5,8,10H2,1-3H3/b7-4-. The van der Waals surface area contributed by atoms with Crippen molar-refractivity contribution in [2.45, 2.75) is 33.7 Å². The van der Waals surface area contributed by atoms with Crippen LogP contribution < -0.4 is 0 Å². The summed E-state index contributed by atoms with van der Waals surface area (Å²) < 4.78 is 0. The highest BCUT2D eigenvalue weighted by molar-refractivity contribution is 7.10. The van der Waals surface area contributed by atoms with E-state index in [0.29, 0.717) is 0 Å². The molecule has 2 heterocycles.